The predicted molar refractivity (Wildman–Crippen MR) is 150 cm³/mol. The number of piperidine rings is 1. The Morgan fingerprint density at radius 1 is 0.921 bits per heavy atom. The lowest BCUT2D eigenvalue weighted by Crippen LogP contribution is -2.55. The fourth-order valence-corrected chi connectivity index (χ4v) is 5.79. The zero-order chi connectivity index (χ0) is 26.5. The van der Waals surface area contributed by atoms with Gasteiger partial charge in [0.15, 0.2) is 0 Å². The minimum Gasteiger partial charge on any atom is -0.339 e. The standard InChI is InChI=1S/C30H40N6O2/c1-3-15-35(23-28(37)34-20-18-33(19-21-34)25-13-16-32(2)17-14-25)30(38)29-31-26-11-7-8-12-27(26)36(29)22-24-9-5-4-6-10-24/h4-12,25H,3,13-23H2,1-2H3. The van der Waals surface area contributed by atoms with E-state index in [0.717, 1.165) is 62.3 Å². The largest absolute Gasteiger partial charge is 0.339 e. The molecule has 2 fully saturated rings. The summed E-state index contributed by atoms with van der Waals surface area (Å²) in [6.07, 6.45) is 3.18. The summed E-state index contributed by atoms with van der Waals surface area (Å²) in [6, 6.07) is 18.6. The molecule has 0 spiro atoms. The van der Waals surface area contributed by atoms with Crippen molar-refractivity contribution in [1.29, 1.82) is 0 Å². The van der Waals surface area contributed by atoms with E-state index in [2.05, 4.69) is 29.0 Å². The highest BCUT2D eigenvalue weighted by molar-refractivity contribution is 5.97. The molecular weight excluding hydrogens is 476 g/mol. The van der Waals surface area contributed by atoms with Gasteiger partial charge in [-0.3, -0.25) is 14.5 Å². The molecule has 0 atom stereocenters. The highest BCUT2D eigenvalue weighted by Crippen LogP contribution is 2.21. The molecule has 3 aromatic rings. The fraction of sp³-hybridized carbons (Fsp3) is 0.500. The molecule has 2 saturated heterocycles. The Labute approximate surface area is 225 Å². The normalized spacial score (nSPS) is 17.7. The van der Waals surface area contributed by atoms with Crippen molar-refractivity contribution in [3.05, 3.63) is 66.0 Å². The summed E-state index contributed by atoms with van der Waals surface area (Å²) in [5.74, 6) is 0.237. The fourth-order valence-electron chi connectivity index (χ4n) is 5.79. The molecule has 38 heavy (non-hydrogen) atoms. The number of hydrogen-bond donors (Lipinski definition) is 0. The molecule has 202 valence electrons. The first-order valence-corrected chi connectivity index (χ1v) is 14.0. The molecule has 2 aliphatic heterocycles. The first kappa shape index (κ1) is 26.4. The molecule has 2 amide bonds. The lowest BCUT2D eigenvalue weighted by atomic mass is 10.0. The summed E-state index contributed by atoms with van der Waals surface area (Å²) in [4.78, 5) is 40.6. The van der Waals surface area contributed by atoms with Gasteiger partial charge in [-0.15, -0.1) is 0 Å². The SMILES string of the molecule is CCCN(CC(=O)N1CCN(C2CCN(C)CC2)CC1)C(=O)c1nc2ccccc2n1Cc1ccccc1. The topological polar surface area (TPSA) is 64.9 Å². The number of nitrogens with zero attached hydrogens (tertiary/aromatic N) is 6. The van der Waals surface area contributed by atoms with Crippen molar-refractivity contribution in [2.75, 3.05) is 59.4 Å². The second-order valence-corrected chi connectivity index (χ2v) is 10.7. The molecular formula is C30H40N6O2. The first-order valence-electron chi connectivity index (χ1n) is 14.0. The number of hydrogen-bond acceptors (Lipinski definition) is 5. The van der Waals surface area contributed by atoms with Crippen molar-refractivity contribution in [3.63, 3.8) is 0 Å². The molecule has 8 heteroatoms. The van der Waals surface area contributed by atoms with E-state index in [0.29, 0.717) is 25.0 Å². The molecule has 3 heterocycles. The highest BCUT2D eigenvalue weighted by atomic mass is 16.2. The molecule has 0 N–H and O–H groups in total. The predicted octanol–water partition coefficient (Wildman–Crippen LogP) is 3.18. The molecule has 0 saturated carbocycles. The van der Waals surface area contributed by atoms with Crippen LogP contribution in [0.25, 0.3) is 11.0 Å². The molecule has 0 radical (unpaired) electrons. The van der Waals surface area contributed by atoms with Gasteiger partial charge in [0.1, 0.15) is 6.54 Å². The minimum absolute atomic E-state index is 0.0283. The van der Waals surface area contributed by atoms with Crippen LogP contribution in [0.5, 0.6) is 0 Å². The van der Waals surface area contributed by atoms with E-state index in [1.807, 2.05) is 58.9 Å². The minimum atomic E-state index is -0.183. The van der Waals surface area contributed by atoms with Crippen molar-refractivity contribution in [2.45, 2.75) is 38.8 Å². The van der Waals surface area contributed by atoms with Crippen LogP contribution in [0.3, 0.4) is 0 Å². The average molecular weight is 517 g/mol. The number of likely N-dealkylation sites (tertiary alicyclic amines) is 1. The second-order valence-electron chi connectivity index (χ2n) is 10.7. The second kappa shape index (κ2) is 12.1. The van der Waals surface area contributed by atoms with E-state index < -0.39 is 0 Å². The monoisotopic (exact) mass is 516 g/mol. The Morgan fingerprint density at radius 2 is 1.61 bits per heavy atom. The lowest BCUT2D eigenvalue weighted by Gasteiger charge is -2.42. The van der Waals surface area contributed by atoms with Gasteiger partial charge in [-0.1, -0.05) is 49.4 Å². The number of piperazine rings is 1. The van der Waals surface area contributed by atoms with Gasteiger partial charge < -0.3 is 19.3 Å². The maximum absolute atomic E-state index is 13.9. The number of carbonyl (C=O) groups excluding carboxylic acids is 2. The molecule has 0 bridgehead atoms. The number of carbonyl (C=O) groups is 2. The van der Waals surface area contributed by atoms with Crippen LogP contribution in [-0.4, -0.2) is 106 Å². The zero-order valence-electron chi connectivity index (χ0n) is 22.8. The van der Waals surface area contributed by atoms with Crippen molar-refractivity contribution in [3.8, 4) is 0 Å². The number of fused-ring (bicyclic) bond motifs is 1. The maximum Gasteiger partial charge on any atom is 0.290 e. The third-order valence-electron chi connectivity index (χ3n) is 8.01. The maximum atomic E-state index is 13.9. The van der Waals surface area contributed by atoms with Gasteiger partial charge >= 0.3 is 0 Å². The number of aromatic nitrogens is 2. The van der Waals surface area contributed by atoms with Crippen molar-refractivity contribution in [2.24, 2.45) is 0 Å². The van der Waals surface area contributed by atoms with E-state index >= 15 is 0 Å². The van der Waals surface area contributed by atoms with E-state index in [1.54, 1.807) is 4.90 Å². The zero-order valence-corrected chi connectivity index (χ0v) is 22.8. The average Bonchev–Trinajstić information content (AvgIpc) is 3.31. The summed E-state index contributed by atoms with van der Waals surface area (Å²) in [6.45, 7) is 8.78. The summed E-state index contributed by atoms with van der Waals surface area (Å²) in [5.41, 5.74) is 2.82. The van der Waals surface area contributed by atoms with Crippen LogP contribution in [0, 0.1) is 0 Å². The Hall–Kier alpha value is -3.23. The van der Waals surface area contributed by atoms with Crippen molar-refractivity contribution in [1.82, 2.24) is 29.2 Å². The molecule has 2 aromatic carbocycles. The molecule has 5 rings (SSSR count). The Morgan fingerprint density at radius 3 is 2.32 bits per heavy atom. The quantitative estimate of drug-likeness (QED) is 0.460. The van der Waals surface area contributed by atoms with Crippen LogP contribution in [0.4, 0.5) is 0 Å². The number of para-hydroxylation sites is 2. The van der Waals surface area contributed by atoms with E-state index in [-0.39, 0.29) is 18.4 Å². The smallest absolute Gasteiger partial charge is 0.290 e. The van der Waals surface area contributed by atoms with E-state index in [4.69, 9.17) is 4.98 Å². The van der Waals surface area contributed by atoms with E-state index in [9.17, 15) is 9.59 Å². The number of rotatable bonds is 8. The number of benzene rings is 2. The Balaban J connectivity index is 1.28. The van der Waals surface area contributed by atoms with Crippen LogP contribution >= 0.6 is 0 Å². The van der Waals surface area contributed by atoms with Gasteiger partial charge in [0.2, 0.25) is 11.7 Å². The lowest BCUT2D eigenvalue weighted by molar-refractivity contribution is -0.134. The van der Waals surface area contributed by atoms with Crippen molar-refractivity contribution < 1.29 is 9.59 Å². The third-order valence-corrected chi connectivity index (χ3v) is 8.01. The first-order chi connectivity index (χ1) is 18.5. The number of imidazole rings is 1. The van der Waals surface area contributed by atoms with Crippen LogP contribution in [0.15, 0.2) is 54.6 Å². The van der Waals surface area contributed by atoms with Gasteiger partial charge in [-0.2, -0.15) is 0 Å². The summed E-state index contributed by atoms with van der Waals surface area (Å²) in [5, 5.41) is 0. The van der Waals surface area contributed by atoms with Crippen LogP contribution in [0.2, 0.25) is 0 Å². The van der Waals surface area contributed by atoms with Gasteiger partial charge in [-0.25, -0.2) is 4.98 Å². The molecule has 0 aliphatic carbocycles. The van der Waals surface area contributed by atoms with Gasteiger partial charge in [-0.05, 0) is 57.1 Å². The Bertz CT molecular complexity index is 1230. The summed E-state index contributed by atoms with van der Waals surface area (Å²) < 4.78 is 1.99. The molecule has 0 unspecified atom stereocenters. The number of amides is 2. The highest BCUT2D eigenvalue weighted by Gasteiger charge is 2.30. The van der Waals surface area contributed by atoms with Crippen LogP contribution < -0.4 is 0 Å². The van der Waals surface area contributed by atoms with Crippen LogP contribution in [-0.2, 0) is 11.3 Å². The van der Waals surface area contributed by atoms with Crippen molar-refractivity contribution >= 4 is 22.8 Å². The molecule has 8 nitrogen and oxygen atoms in total. The van der Waals surface area contributed by atoms with E-state index in [1.165, 1.54) is 12.8 Å². The summed E-state index contributed by atoms with van der Waals surface area (Å²) in [7, 11) is 2.19. The molecule has 2 aliphatic rings. The van der Waals surface area contributed by atoms with Crippen LogP contribution in [0.1, 0.15) is 42.4 Å². The Kier molecular flexibility index (Phi) is 8.39. The third kappa shape index (κ3) is 5.92. The summed E-state index contributed by atoms with van der Waals surface area (Å²) >= 11 is 0. The van der Waals surface area contributed by atoms with Gasteiger partial charge in [0, 0.05) is 45.3 Å². The van der Waals surface area contributed by atoms with Gasteiger partial charge in [0.25, 0.3) is 5.91 Å². The molecule has 1 aromatic heterocycles. The van der Waals surface area contributed by atoms with Gasteiger partial charge in [0.05, 0.1) is 11.0 Å².